The van der Waals surface area contributed by atoms with E-state index in [9.17, 15) is 14.4 Å². The van der Waals surface area contributed by atoms with E-state index in [4.69, 9.17) is 14.2 Å². The lowest BCUT2D eigenvalue weighted by Crippen LogP contribution is -2.35. The van der Waals surface area contributed by atoms with Gasteiger partial charge in [0.25, 0.3) is 5.56 Å². The molecule has 0 saturated carbocycles. The average molecular weight is 383 g/mol. The topological polar surface area (TPSA) is 123 Å². The number of rotatable bonds is 4. The van der Waals surface area contributed by atoms with Crippen LogP contribution < -0.4 is 26.0 Å². The number of H-pyrrole nitrogens is 2. The number of allylic oxidation sites excluding steroid dienone is 1. The Bertz CT molecular complexity index is 1130. The van der Waals surface area contributed by atoms with Gasteiger partial charge in [-0.3, -0.25) is 14.8 Å². The molecule has 1 atom stereocenters. The lowest BCUT2D eigenvalue weighted by molar-refractivity contribution is -0.138. The van der Waals surface area contributed by atoms with Crippen LogP contribution in [0, 0.1) is 0 Å². The van der Waals surface area contributed by atoms with Crippen LogP contribution in [0.25, 0.3) is 0 Å². The summed E-state index contributed by atoms with van der Waals surface area (Å²) < 4.78 is 16.0. The highest BCUT2D eigenvalue weighted by Crippen LogP contribution is 2.42. The Morgan fingerprint density at radius 3 is 2.86 bits per heavy atom. The number of hydrogen-bond donors (Lipinski definition) is 3. The van der Waals surface area contributed by atoms with Gasteiger partial charge in [0.05, 0.1) is 17.1 Å². The molecule has 1 aromatic heterocycles. The predicted molar refractivity (Wildman–Crippen MR) is 99.6 cm³/mol. The largest absolute Gasteiger partial charge is 0.458 e. The molecule has 4 rings (SSSR count). The molecule has 2 aromatic rings. The molecule has 9 heteroatoms. The molecule has 3 N–H and O–H groups in total. The first-order valence-corrected chi connectivity index (χ1v) is 8.51. The van der Waals surface area contributed by atoms with Crippen molar-refractivity contribution in [3.8, 4) is 11.5 Å². The number of benzene rings is 1. The highest BCUT2D eigenvalue weighted by atomic mass is 16.7. The third kappa shape index (κ3) is 2.86. The molecule has 0 radical (unpaired) electrons. The fourth-order valence-electron chi connectivity index (χ4n) is 3.40. The van der Waals surface area contributed by atoms with Crippen molar-refractivity contribution >= 4 is 11.8 Å². The van der Waals surface area contributed by atoms with Crippen molar-refractivity contribution in [1.82, 2.24) is 9.97 Å². The molecule has 0 spiro atoms. The molecule has 0 amide bonds. The zero-order valence-electron chi connectivity index (χ0n) is 15.0. The Balaban J connectivity index is 1.92. The second-order valence-electron chi connectivity index (χ2n) is 6.29. The molecule has 2 aliphatic rings. The van der Waals surface area contributed by atoms with Gasteiger partial charge in [-0.15, -0.1) is 0 Å². The van der Waals surface area contributed by atoms with Crippen molar-refractivity contribution in [3.05, 3.63) is 74.1 Å². The van der Waals surface area contributed by atoms with Crippen LogP contribution in [0.3, 0.4) is 0 Å². The summed E-state index contributed by atoms with van der Waals surface area (Å²) in [4.78, 5) is 41.9. The van der Waals surface area contributed by atoms with Crippen molar-refractivity contribution in [3.63, 3.8) is 0 Å². The van der Waals surface area contributed by atoms with E-state index in [0.717, 1.165) is 0 Å². The Labute approximate surface area is 158 Å². The normalized spacial score (nSPS) is 17.0. The zero-order valence-corrected chi connectivity index (χ0v) is 15.0. The van der Waals surface area contributed by atoms with E-state index in [1.807, 2.05) is 0 Å². The molecule has 2 aliphatic heterocycles. The van der Waals surface area contributed by atoms with Crippen molar-refractivity contribution in [2.45, 2.75) is 12.8 Å². The fourth-order valence-corrected chi connectivity index (χ4v) is 3.40. The second-order valence-corrected chi connectivity index (χ2v) is 6.29. The van der Waals surface area contributed by atoms with Crippen molar-refractivity contribution in [1.29, 1.82) is 0 Å². The number of nitrogens with one attached hydrogen (secondary N) is 3. The van der Waals surface area contributed by atoms with Gasteiger partial charge in [0.1, 0.15) is 12.4 Å². The van der Waals surface area contributed by atoms with Gasteiger partial charge in [-0.1, -0.05) is 18.7 Å². The van der Waals surface area contributed by atoms with Crippen LogP contribution in [0.5, 0.6) is 11.5 Å². The summed E-state index contributed by atoms with van der Waals surface area (Å²) >= 11 is 0. The summed E-state index contributed by atoms with van der Waals surface area (Å²) in [6, 6.07) is 5.16. The minimum absolute atomic E-state index is 0.0261. The van der Waals surface area contributed by atoms with E-state index < -0.39 is 23.1 Å². The molecule has 3 heterocycles. The number of esters is 1. The number of aromatic amines is 2. The van der Waals surface area contributed by atoms with Gasteiger partial charge < -0.3 is 19.5 Å². The Morgan fingerprint density at radius 1 is 1.29 bits per heavy atom. The van der Waals surface area contributed by atoms with Gasteiger partial charge in [-0.2, -0.15) is 0 Å². The van der Waals surface area contributed by atoms with E-state index in [-0.39, 0.29) is 30.4 Å². The van der Waals surface area contributed by atoms with E-state index in [0.29, 0.717) is 22.8 Å². The van der Waals surface area contributed by atoms with Crippen LogP contribution in [0.15, 0.2) is 51.7 Å². The first kappa shape index (κ1) is 17.7. The molecule has 28 heavy (non-hydrogen) atoms. The van der Waals surface area contributed by atoms with Crippen LogP contribution in [-0.4, -0.2) is 29.3 Å². The molecule has 1 unspecified atom stereocenters. The summed E-state index contributed by atoms with van der Waals surface area (Å²) in [5, 5.41) is 2.92. The maximum Gasteiger partial charge on any atom is 0.337 e. The summed E-state index contributed by atoms with van der Waals surface area (Å²) in [5.74, 6) is -0.0543. The maximum atomic E-state index is 12.8. The third-order valence-electron chi connectivity index (χ3n) is 4.56. The monoisotopic (exact) mass is 383 g/mol. The van der Waals surface area contributed by atoms with E-state index in [2.05, 4.69) is 21.9 Å². The number of carbonyl (C=O) groups is 1. The first-order chi connectivity index (χ1) is 13.5. The van der Waals surface area contributed by atoms with Gasteiger partial charge in [-0.25, -0.2) is 9.59 Å². The van der Waals surface area contributed by atoms with Crippen LogP contribution in [-0.2, 0) is 9.53 Å². The Hall–Kier alpha value is -3.75. The lowest BCUT2D eigenvalue weighted by Gasteiger charge is -2.28. The minimum Gasteiger partial charge on any atom is -0.458 e. The van der Waals surface area contributed by atoms with Gasteiger partial charge >= 0.3 is 11.7 Å². The fraction of sp³-hybridized carbons (Fsp3) is 0.211. The summed E-state index contributed by atoms with van der Waals surface area (Å²) in [6.45, 7) is 5.33. The third-order valence-corrected chi connectivity index (χ3v) is 4.56. The number of ether oxygens (including phenoxy) is 3. The smallest absolute Gasteiger partial charge is 0.337 e. The molecule has 0 aliphatic carbocycles. The van der Waals surface area contributed by atoms with Crippen molar-refractivity contribution < 1.29 is 19.0 Å². The molecule has 0 fully saturated rings. The van der Waals surface area contributed by atoms with Crippen LogP contribution in [0.4, 0.5) is 5.82 Å². The quantitative estimate of drug-likeness (QED) is 0.538. The Kier molecular flexibility index (Phi) is 4.26. The number of anilines is 1. The van der Waals surface area contributed by atoms with Crippen LogP contribution in [0.2, 0.25) is 0 Å². The van der Waals surface area contributed by atoms with E-state index in [1.165, 1.54) is 6.08 Å². The number of carbonyl (C=O) groups excluding carboxylic acids is 1. The molecule has 0 bridgehead atoms. The predicted octanol–water partition coefficient (Wildman–Crippen LogP) is 1.35. The molecular formula is C19H17N3O6. The minimum atomic E-state index is -0.774. The molecular weight excluding hydrogens is 366 g/mol. The van der Waals surface area contributed by atoms with Gasteiger partial charge in [-0.05, 0) is 24.6 Å². The van der Waals surface area contributed by atoms with Gasteiger partial charge in [0.2, 0.25) is 6.79 Å². The molecule has 144 valence electrons. The molecule has 1 aromatic carbocycles. The average Bonchev–Trinajstić information content (AvgIpc) is 3.12. The van der Waals surface area contributed by atoms with Gasteiger partial charge in [0, 0.05) is 5.70 Å². The number of aromatic nitrogens is 2. The lowest BCUT2D eigenvalue weighted by atomic mass is 9.82. The zero-order chi connectivity index (χ0) is 19.8. The van der Waals surface area contributed by atoms with Crippen LogP contribution >= 0.6 is 0 Å². The van der Waals surface area contributed by atoms with Gasteiger partial charge in [0.15, 0.2) is 11.5 Å². The summed E-state index contributed by atoms with van der Waals surface area (Å²) in [6.07, 6.45) is 1.46. The maximum absolute atomic E-state index is 12.8. The second kappa shape index (κ2) is 6.76. The molecule has 0 saturated heterocycles. The Morgan fingerprint density at radius 2 is 2.07 bits per heavy atom. The van der Waals surface area contributed by atoms with Crippen molar-refractivity contribution in [2.24, 2.45) is 0 Å². The molecule has 9 nitrogen and oxygen atoms in total. The van der Waals surface area contributed by atoms with Crippen LogP contribution in [0.1, 0.15) is 24.0 Å². The standard InChI is InChI=1S/C19H17N3O6/c1-3-6-26-18(24)13-9(2)20-16-15(17(23)22-19(25)21-16)14(13)10-4-5-11-12(7-10)28-8-27-11/h3-5,7,14H,1,6,8H2,2H3,(H3,20,21,22,23,25). The van der Waals surface area contributed by atoms with E-state index in [1.54, 1.807) is 25.1 Å². The SMILES string of the molecule is C=CCOC(=O)C1=C(C)Nc2[nH]c(=O)[nH]c(=O)c2C1c1ccc2c(c1)OCO2. The summed E-state index contributed by atoms with van der Waals surface area (Å²) in [7, 11) is 0. The number of fused-ring (bicyclic) bond motifs is 2. The number of hydrogen-bond acceptors (Lipinski definition) is 7. The summed E-state index contributed by atoms with van der Waals surface area (Å²) in [5.41, 5.74) is 0.293. The highest BCUT2D eigenvalue weighted by molar-refractivity contribution is 5.94. The van der Waals surface area contributed by atoms with E-state index >= 15 is 0 Å². The highest BCUT2D eigenvalue weighted by Gasteiger charge is 2.36. The van der Waals surface area contributed by atoms with Crippen molar-refractivity contribution in [2.75, 3.05) is 18.7 Å². The first-order valence-electron chi connectivity index (χ1n) is 8.51.